The maximum Gasteiger partial charge on any atom is 0.282 e. The summed E-state index contributed by atoms with van der Waals surface area (Å²) < 4.78 is 45.3. The third-order valence-electron chi connectivity index (χ3n) is 3.01. The molecule has 22 heavy (non-hydrogen) atoms. The summed E-state index contributed by atoms with van der Waals surface area (Å²) in [4.78, 5) is 3.70. The van der Waals surface area contributed by atoms with Crippen LogP contribution in [0.2, 0.25) is 0 Å². The molecule has 9 heteroatoms. The maximum atomic E-state index is 12.7. The lowest BCUT2D eigenvalue weighted by Gasteiger charge is -2.15. The highest BCUT2D eigenvalue weighted by molar-refractivity contribution is 7.89. The molecule has 2 rings (SSSR count). The molecule has 0 amide bonds. The lowest BCUT2D eigenvalue weighted by atomic mass is 10.2. The maximum absolute atomic E-state index is 12.7. The van der Waals surface area contributed by atoms with E-state index in [0.29, 0.717) is 10.9 Å². The lowest BCUT2D eigenvalue weighted by Crippen LogP contribution is -2.27. The molecule has 0 aliphatic carbocycles. The van der Waals surface area contributed by atoms with Crippen LogP contribution < -0.4 is 4.74 Å². The van der Waals surface area contributed by atoms with E-state index in [1.165, 1.54) is 32.2 Å². The Balaban J connectivity index is 2.70. The first kappa shape index (κ1) is 16.2. The third-order valence-corrected chi connectivity index (χ3v) is 4.82. The Bertz CT molecular complexity index is 801. The topological polar surface area (TPSA) is 76.8 Å². The minimum absolute atomic E-state index is 0.0284. The van der Waals surface area contributed by atoms with E-state index in [9.17, 15) is 12.8 Å². The summed E-state index contributed by atoms with van der Waals surface area (Å²) in [5, 5.41) is 4.48. The highest BCUT2D eigenvalue weighted by Crippen LogP contribution is 2.32. The molecule has 120 valence electrons. The minimum atomic E-state index is -3.85. The molecule has 0 saturated heterocycles. The fraction of sp³-hybridized carbons (Fsp3) is 0.385. The van der Waals surface area contributed by atoms with Gasteiger partial charge in [-0.25, -0.2) is 4.39 Å². The fourth-order valence-corrected chi connectivity index (χ4v) is 3.44. The number of sulfonamides is 1. The Morgan fingerprint density at radius 3 is 2.86 bits per heavy atom. The molecule has 0 aliphatic rings. The predicted octanol–water partition coefficient (Wildman–Crippen LogP) is 1.20. The van der Waals surface area contributed by atoms with Crippen molar-refractivity contribution in [3.63, 3.8) is 0 Å². The fourth-order valence-electron chi connectivity index (χ4n) is 2.11. The average Bonchev–Trinajstić information content (AvgIpc) is 2.82. The van der Waals surface area contributed by atoms with Crippen LogP contribution in [0.4, 0.5) is 4.39 Å². The van der Waals surface area contributed by atoms with Gasteiger partial charge in [0.05, 0.1) is 17.2 Å². The molecule has 0 radical (unpaired) electrons. The third kappa shape index (κ3) is 2.76. The smallest absolute Gasteiger partial charge is 0.282 e. The number of benzene rings is 1. The zero-order valence-electron chi connectivity index (χ0n) is 12.5. The van der Waals surface area contributed by atoms with Crippen molar-refractivity contribution < 1.29 is 17.5 Å². The molecule has 0 N–H and O–H groups in total. The number of aromatic nitrogens is 2. The largest absolute Gasteiger partial charge is 0.490 e. The number of ether oxygens (including phenoxy) is 1. The van der Waals surface area contributed by atoms with Gasteiger partial charge in [0.25, 0.3) is 10.0 Å². The SMILES string of the molecule is CN=CN(C)S(=O)(=O)c1c2c(OCCF)cccc2nn1C. The number of fused-ring (bicyclic) bond motifs is 1. The molecule has 0 aliphatic heterocycles. The Labute approximate surface area is 128 Å². The first-order valence-electron chi connectivity index (χ1n) is 6.48. The zero-order valence-corrected chi connectivity index (χ0v) is 13.3. The van der Waals surface area contributed by atoms with Gasteiger partial charge >= 0.3 is 0 Å². The Morgan fingerprint density at radius 2 is 2.23 bits per heavy atom. The number of hydrogen-bond donors (Lipinski definition) is 0. The number of halogens is 1. The molecule has 0 fully saturated rings. The van der Waals surface area contributed by atoms with Crippen LogP contribution in [-0.2, 0) is 17.1 Å². The van der Waals surface area contributed by atoms with Gasteiger partial charge < -0.3 is 4.74 Å². The number of rotatable bonds is 6. The number of nitrogens with zero attached hydrogens (tertiary/aromatic N) is 4. The zero-order chi connectivity index (χ0) is 16.3. The summed E-state index contributed by atoms with van der Waals surface area (Å²) in [7, 11) is 0.535. The van der Waals surface area contributed by atoms with E-state index in [2.05, 4.69) is 10.1 Å². The second-order valence-electron chi connectivity index (χ2n) is 4.51. The average molecular weight is 328 g/mol. The molecule has 1 aromatic carbocycles. The normalized spacial score (nSPS) is 12.2. The van der Waals surface area contributed by atoms with Gasteiger partial charge in [-0.3, -0.25) is 14.0 Å². The molecule has 2 aromatic rings. The van der Waals surface area contributed by atoms with Crippen LogP contribution >= 0.6 is 0 Å². The molecule has 0 atom stereocenters. The van der Waals surface area contributed by atoms with E-state index in [-0.39, 0.29) is 17.4 Å². The highest BCUT2D eigenvalue weighted by Gasteiger charge is 2.28. The van der Waals surface area contributed by atoms with Crippen molar-refractivity contribution >= 4 is 27.3 Å². The second-order valence-corrected chi connectivity index (χ2v) is 6.42. The number of aliphatic imine (C=N–C) groups is 1. The van der Waals surface area contributed by atoms with Gasteiger partial charge in [-0.2, -0.15) is 13.5 Å². The van der Waals surface area contributed by atoms with Crippen LogP contribution in [0.25, 0.3) is 10.9 Å². The Hall–Kier alpha value is -2.16. The number of alkyl halides is 1. The molecule has 0 saturated carbocycles. The van der Waals surface area contributed by atoms with Crippen LogP contribution in [0.1, 0.15) is 0 Å². The van der Waals surface area contributed by atoms with Gasteiger partial charge in [0.2, 0.25) is 0 Å². The van der Waals surface area contributed by atoms with Gasteiger partial charge in [0.15, 0.2) is 5.03 Å². The monoisotopic (exact) mass is 328 g/mol. The van der Waals surface area contributed by atoms with Crippen molar-refractivity contribution in [1.29, 1.82) is 0 Å². The van der Waals surface area contributed by atoms with Crippen molar-refractivity contribution in [3.8, 4) is 5.75 Å². The van der Waals surface area contributed by atoms with E-state index in [1.807, 2.05) is 0 Å². The molecule has 0 bridgehead atoms. The van der Waals surface area contributed by atoms with E-state index >= 15 is 0 Å². The summed E-state index contributed by atoms with van der Waals surface area (Å²) in [5.74, 6) is 0.281. The van der Waals surface area contributed by atoms with Crippen molar-refractivity contribution in [3.05, 3.63) is 18.2 Å². The van der Waals surface area contributed by atoms with E-state index in [0.717, 1.165) is 4.31 Å². The Kier molecular flexibility index (Phi) is 4.65. The number of aryl methyl sites for hydroxylation is 1. The van der Waals surface area contributed by atoms with Crippen LogP contribution in [0.15, 0.2) is 28.2 Å². The van der Waals surface area contributed by atoms with Crippen molar-refractivity contribution in [2.75, 3.05) is 27.4 Å². The van der Waals surface area contributed by atoms with E-state index < -0.39 is 16.7 Å². The summed E-state index contributed by atoms with van der Waals surface area (Å²) in [5.41, 5.74) is 0.458. The molecule has 1 heterocycles. The van der Waals surface area contributed by atoms with E-state index in [1.54, 1.807) is 18.2 Å². The second kappa shape index (κ2) is 6.30. The van der Waals surface area contributed by atoms with Crippen LogP contribution in [0.5, 0.6) is 5.75 Å². The standard InChI is InChI=1S/C13H17FN4O3S/c1-15-9-17(2)22(19,20)13-12-10(16-18(13)3)5-4-6-11(12)21-8-7-14/h4-6,9H,7-8H2,1-3H3. The molecular formula is C13H17FN4O3S. The molecule has 0 spiro atoms. The predicted molar refractivity (Wildman–Crippen MR) is 81.5 cm³/mol. The van der Waals surface area contributed by atoms with Crippen molar-refractivity contribution in [2.24, 2.45) is 12.0 Å². The van der Waals surface area contributed by atoms with Crippen molar-refractivity contribution in [1.82, 2.24) is 14.1 Å². The van der Waals surface area contributed by atoms with E-state index in [4.69, 9.17) is 4.74 Å². The molecule has 0 unspecified atom stereocenters. The first-order valence-corrected chi connectivity index (χ1v) is 7.92. The molecule has 1 aromatic heterocycles. The summed E-state index contributed by atoms with van der Waals surface area (Å²) in [6, 6.07) is 4.94. The lowest BCUT2D eigenvalue weighted by molar-refractivity contribution is 0.275. The summed E-state index contributed by atoms with van der Waals surface area (Å²) in [6.45, 7) is -0.819. The van der Waals surface area contributed by atoms with Gasteiger partial charge in [-0.1, -0.05) is 6.07 Å². The first-order chi connectivity index (χ1) is 10.4. The van der Waals surface area contributed by atoms with Crippen LogP contribution in [-0.4, -0.2) is 56.2 Å². The summed E-state index contributed by atoms with van der Waals surface area (Å²) >= 11 is 0. The van der Waals surface area contributed by atoms with Crippen molar-refractivity contribution in [2.45, 2.75) is 5.03 Å². The quantitative estimate of drug-likeness (QED) is 0.590. The van der Waals surface area contributed by atoms with Crippen LogP contribution in [0, 0.1) is 0 Å². The highest BCUT2D eigenvalue weighted by atomic mass is 32.2. The van der Waals surface area contributed by atoms with Gasteiger partial charge in [-0.15, -0.1) is 0 Å². The molecule has 7 nitrogen and oxygen atoms in total. The van der Waals surface area contributed by atoms with Gasteiger partial charge in [0.1, 0.15) is 19.0 Å². The molecular weight excluding hydrogens is 311 g/mol. The Morgan fingerprint density at radius 1 is 1.50 bits per heavy atom. The number of hydrogen-bond acceptors (Lipinski definition) is 5. The summed E-state index contributed by atoms with van der Waals surface area (Å²) in [6.07, 6.45) is 1.19. The van der Waals surface area contributed by atoms with Crippen LogP contribution in [0.3, 0.4) is 0 Å². The minimum Gasteiger partial charge on any atom is -0.490 e. The van der Waals surface area contributed by atoms with Gasteiger partial charge in [0, 0.05) is 21.1 Å². The van der Waals surface area contributed by atoms with Gasteiger partial charge in [-0.05, 0) is 12.1 Å².